The molecule has 1 aliphatic heterocycles. The zero-order chi connectivity index (χ0) is 14.1. The second kappa shape index (κ2) is 8.87. The van der Waals surface area contributed by atoms with Gasteiger partial charge in [-0.3, -0.25) is 14.5 Å². The van der Waals surface area contributed by atoms with Crippen LogP contribution in [0.2, 0.25) is 0 Å². The number of methoxy groups -OCH3 is 2. The third-order valence-corrected chi connectivity index (χ3v) is 3.21. The zero-order valence-corrected chi connectivity index (χ0v) is 11.7. The summed E-state index contributed by atoms with van der Waals surface area (Å²) in [6.07, 6.45) is 2.96. The van der Waals surface area contributed by atoms with Crippen LogP contribution in [0.1, 0.15) is 25.7 Å². The maximum absolute atomic E-state index is 11.2. The Balaban J connectivity index is 2.36. The Morgan fingerprint density at radius 1 is 1.16 bits per heavy atom. The maximum atomic E-state index is 11.2. The van der Waals surface area contributed by atoms with Crippen molar-refractivity contribution < 1.29 is 23.8 Å². The normalized spacial score (nSPS) is 18.6. The Morgan fingerprint density at radius 3 is 2.16 bits per heavy atom. The first-order chi connectivity index (χ1) is 9.15. The molecule has 0 spiro atoms. The topological polar surface area (TPSA) is 65.1 Å². The van der Waals surface area contributed by atoms with Gasteiger partial charge in [-0.2, -0.15) is 0 Å². The van der Waals surface area contributed by atoms with Gasteiger partial charge in [0.05, 0.1) is 33.2 Å². The Morgan fingerprint density at radius 2 is 1.74 bits per heavy atom. The van der Waals surface area contributed by atoms with Crippen LogP contribution >= 0.6 is 0 Å². The van der Waals surface area contributed by atoms with Gasteiger partial charge in [0, 0.05) is 26.2 Å². The van der Waals surface area contributed by atoms with E-state index in [0.717, 1.165) is 26.0 Å². The molecule has 0 aromatic carbocycles. The van der Waals surface area contributed by atoms with Gasteiger partial charge in [0.25, 0.3) is 0 Å². The van der Waals surface area contributed by atoms with Crippen molar-refractivity contribution in [1.82, 2.24) is 4.90 Å². The molecule has 6 heteroatoms. The first-order valence-corrected chi connectivity index (χ1v) is 6.63. The van der Waals surface area contributed by atoms with Gasteiger partial charge in [-0.25, -0.2) is 0 Å². The standard InChI is InChI=1S/C13H23NO5/c1-17-12(15)5-7-14(8-6-13(16)18-2)10-11-4-3-9-19-11/h11H,3-10H2,1-2H3/t11-/m0/s1. The van der Waals surface area contributed by atoms with E-state index >= 15 is 0 Å². The molecule has 0 unspecified atom stereocenters. The van der Waals surface area contributed by atoms with Crippen LogP contribution in [-0.4, -0.2) is 63.4 Å². The minimum Gasteiger partial charge on any atom is -0.469 e. The summed E-state index contributed by atoms with van der Waals surface area (Å²) in [7, 11) is 2.75. The number of nitrogens with zero attached hydrogens (tertiary/aromatic N) is 1. The SMILES string of the molecule is COC(=O)CCN(CCC(=O)OC)C[C@@H]1CCCO1. The molecule has 0 bridgehead atoms. The molecule has 19 heavy (non-hydrogen) atoms. The molecule has 0 N–H and O–H groups in total. The van der Waals surface area contributed by atoms with E-state index in [2.05, 4.69) is 14.4 Å². The summed E-state index contributed by atoms with van der Waals surface area (Å²) in [5.74, 6) is -0.481. The fraction of sp³-hybridized carbons (Fsp3) is 0.846. The van der Waals surface area contributed by atoms with Gasteiger partial charge < -0.3 is 14.2 Å². The molecule has 1 heterocycles. The lowest BCUT2D eigenvalue weighted by Gasteiger charge is -2.24. The van der Waals surface area contributed by atoms with E-state index in [4.69, 9.17) is 4.74 Å². The first-order valence-electron chi connectivity index (χ1n) is 6.63. The highest BCUT2D eigenvalue weighted by Gasteiger charge is 2.20. The van der Waals surface area contributed by atoms with Gasteiger partial charge in [0.1, 0.15) is 0 Å². The Bertz CT molecular complexity index is 269. The van der Waals surface area contributed by atoms with Gasteiger partial charge in [-0.05, 0) is 12.8 Å². The summed E-state index contributed by atoms with van der Waals surface area (Å²) in [6, 6.07) is 0. The van der Waals surface area contributed by atoms with Crippen molar-refractivity contribution in [3.05, 3.63) is 0 Å². The lowest BCUT2D eigenvalue weighted by molar-refractivity contribution is -0.141. The van der Waals surface area contributed by atoms with Crippen molar-refractivity contribution in [3.63, 3.8) is 0 Å². The summed E-state index contributed by atoms with van der Waals surface area (Å²) in [6.45, 7) is 2.69. The monoisotopic (exact) mass is 273 g/mol. The number of esters is 2. The van der Waals surface area contributed by atoms with Gasteiger partial charge in [-0.1, -0.05) is 0 Å². The van der Waals surface area contributed by atoms with Crippen LogP contribution in [0.3, 0.4) is 0 Å². The minimum atomic E-state index is -0.240. The van der Waals surface area contributed by atoms with Crippen molar-refractivity contribution in [2.75, 3.05) is 40.5 Å². The van der Waals surface area contributed by atoms with Crippen LogP contribution in [-0.2, 0) is 23.8 Å². The molecular formula is C13H23NO5. The molecule has 1 rings (SSSR count). The molecule has 0 amide bonds. The molecular weight excluding hydrogens is 250 g/mol. The largest absolute Gasteiger partial charge is 0.469 e. The van der Waals surface area contributed by atoms with Crippen molar-refractivity contribution in [2.24, 2.45) is 0 Å². The van der Waals surface area contributed by atoms with Crippen molar-refractivity contribution in [1.29, 1.82) is 0 Å². The van der Waals surface area contributed by atoms with Crippen LogP contribution in [0.4, 0.5) is 0 Å². The lowest BCUT2D eigenvalue weighted by Crippen LogP contribution is -2.35. The van der Waals surface area contributed by atoms with Crippen LogP contribution in [0.15, 0.2) is 0 Å². The quantitative estimate of drug-likeness (QED) is 0.603. The number of hydrogen-bond donors (Lipinski definition) is 0. The number of carbonyl (C=O) groups is 2. The van der Waals surface area contributed by atoms with E-state index in [0.29, 0.717) is 25.9 Å². The van der Waals surface area contributed by atoms with Crippen LogP contribution in [0.5, 0.6) is 0 Å². The number of rotatable bonds is 8. The maximum Gasteiger partial charge on any atom is 0.306 e. The molecule has 0 radical (unpaired) electrons. The molecule has 0 aromatic rings. The van der Waals surface area contributed by atoms with Crippen LogP contribution < -0.4 is 0 Å². The molecule has 1 saturated heterocycles. The second-order valence-electron chi connectivity index (χ2n) is 4.59. The van der Waals surface area contributed by atoms with Crippen LogP contribution in [0, 0.1) is 0 Å². The summed E-state index contributed by atoms with van der Waals surface area (Å²) in [5.41, 5.74) is 0. The first kappa shape index (κ1) is 15.9. The molecule has 0 aliphatic carbocycles. The molecule has 1 aliphatic rings. The highest BCUT2D eigenvalue weighted by molar-refractivity contribution is 5.70. The minimum absolute atomic E-state index is 0.204. The van der Waals surface area contributed by atoms with Gasteiger partial charge in [-0.15, -0.1) is 0 Å². The van der Waals surface area contributed by atoms with Crippen molar-refractivity contribution in [2.45, 2.75) is 31.8 Å². The molecule has 0 aromatic heterocycles. The average molecular weight is 273 g/mol. The highest BCUT2D eigenvalue weighted by atomic mass is 16.5. The number of hydrogen-bond acceptors (Lipinski definition) is 6. The molecule has 110 valence electrons. The van der Waals surface area contributed by atoms with Crippen LogP contribution in [0.25, 0.3) is 0 Å². The summed E-state index contributed by atoms with van der Waals surface area (Å²) in [4.78, 5) is 24.4. The molecule has 1 atom stereocenters. The highest BCUT2D eigenvalue weighted by Crippen LogP contribution is 2.13. The Hall–Kier alpha value is -1.14. The summed E-state index contributed by atoms with van der Waals surface area (Å²) in [5, 5.41) is 0. The zero-order valence-electron chi connectivity index (χ0n) is 11.7. The number of carbonyl (C=O) groups excluding carboxylic acids is 2. The molecule has 1 fully saturated rings. The fourth-order valence-electron chi connectivity index (χ4n) is 2.07. The van der Waals surface area contributed by atoms with E-state index in [9.17, 15) is 9.59 Å². The Kier molecular flexibility index (Phi) is 7.43. The van der Waals surface area contributed by atoms with E-state index in [1.807, 2.05) is 0 Å². The van der Waals surface area contributed by atoms with E-state index < -0.39 is 0 Å². The van der Waals surface area contributed by atoms with Gasteiger partial charge in [0.2, 0.25) is 0 Å². The molecule has 6 nitrogen and oxygen atoms in total. The van der Waals surface area contributed by atoms with E-state index in [1.165, 1.54) is 14.2 Å². The van der Waals surface area contributed by atoms with Crippen molar-refractivity contribution in [3.8, 4) is 0 Å². The third-order valence-electron chi connectivity index (χ3n) is 3.21. The molecule has 0 saturated carbocycles. The second-order valence-corrected chi connectivity index (χ2v) is 4.59. The predicted molar refractivity (Wildman–Crippen MR) is 68.7 cm³/mol. The predicted octanol–water partition coefficient (Wildman–Crippen LogP) is 0.594. The fourth-order valence-corrected chi connectivity index (χ4v) is 2.07. The van der Waals surface area contributed by atoms with Gasteiger partial charge >= 0.3 is 11.9 Å². The Labute approximate surface area is 114 Å². The average Bonchev–Trinajstić information content (AvgIpc) is 2.93. The number of ether oxygens (including phenoxy) is 3. The summed E-state index contributed by atoms with van der Waals surface area (Å²) < 4.78 is 14.8. The van der Waals surface area contributed by atoms with Crippen molar-refractivity contribution >= 4 is 11.9 Å². The third kappa shape index (κ3) is 6.54. The lowest BCUT2D eigenvalue weighted by atomic mass is 10.2. The smallest absolute Gasteiger partial charge is 0.306 e. The summed E-state index contributed by atoms with van der Waals surface area (Å²) >= 11 is 0. The van der Waals surface area contributed by atoms with E-state index in [1.54, 1.807) is 0 Å². The van der Waals surface area contributed by atoms with Gasteiger partial charge in [0.15, 0.2) is 0 Å². The van der Waals surface area contributed by atoms with E-state index in [-0.39, 0.29) is 18.0 Å².